The van der Waals surface area contributed by atoms with Gasteiger partial charge in [0.2, 0.25) is 5.91 Å². The Morgan fingerprint density at radius 1 is 1.10 bits per heavy atom. The van der Waals surface area contributed by atoms with E-state index in [1.807, 2.05) is 11.0 Å². The lowest BCUT2D eigenvalue weighted by atomic mass is 10.2. The van der Waals surface area contributed by atoms with Crippen molar-refractivity contribution in [3.8, 4) is 11.3 Å². The van der Waals surface area contributed by atoms with Crippen LogP contribution in [0.2, 0.25) is 14.4 Å². The molecule has 0 N–H and O–H groups in total. The van der Waals surface area contributed by atoms with Crippen LogP contribution in [0, 0.1) is 0 Å². The minimum atomic E-state index is 0.123. The van der Waals surface area contributed by atoms with Gasteiger partial charge in [0.05, 0.1) is 15.6 Å². The topological polar surface area (TPSA) is 49.6 Å². The minimum absolute atomic E-state index is 0.123. The maximum Gasteiger partial charge on any atom is 0.223 e. The number of piperazine rings is 1. The molecule has 1 aromatic carbocycles. The van der Waals surface area contributed by atoms with E-state index in [0.717, 1.165) is 42.6 Å². The standard InChI is InChI=1S/C21H20Cl3N3O2S/c22-14-1-3-16(17(23)11-14)18-12-25-20(29-18)5-6-21(28)27-9-7-26(8-10-27)13-15-2-4-19(24)30-15/h1-4,11-12H,5-10,13H2. The number of halogens is 3. The number of hydrogen-bond acceptors (Lipinski definition) is 5. The van der Waals surface area contributed by atoms with E-state index >= 15 is 0 Å². The van der Waals surface area contributed by atoms with Crippen molar-refractivity contribution in [2.75, 3.05) is 26.2 Å². The Morgan fingerprint density at radius 3 is 2.60 bits per heavy atom. The molecular formula is C21H20Cl3N3O2S. The van der Waals surface area contributed by atoms with Crippen LogP contribution in [0.15, 0.2) is 40.9 Å². The Labute approximate surface area is 194 Å². The van der Waals surface area contributed by atoms with Crippen molar-refractivity contribution in [3.63, 3.8) is 0 Å². The summed E-state index contributed by atoms with van der Waals surface area (Å²) in [6.07, 6.45) is 2.46. The summed E-state index contributed by atoms with van der Waals surface area (Å²) in [4.78, 5) is 22.4. The monoisotopic (exact) mass is 483 g/mol. The normalized spacial score (nSPS) is 15.0. The summed E-state index contributed by atoms with van der Waals surface area (Å²) in [6, 6.07) is 9.20. The van der Waals surface area contributed by atoms with E-state index in [1.54, 1.807) is 35.7 Å². The number of carbonyl (C=O) groups is 1. The number of nitrogens with zero attached hydrogens (tertiary/aromatic N) is 3. The number of amides is 1. The first-order valence-electron chi connectivity index (χ1n) is 9.62. The molecule has 1 saturated heterocycles. The highest BCUT2D eigenvalue weighted by Gasteiger charge is 2.22. The quantitative estimate of drug-likeness (QED) is 0.454. The highest BCUT2D eigenvalue weighted by molar-refractivity contribution is 7.16. The Hall–Kier alpha value is -1.57. The van der Waals surface area contributed by atoms with Gasteiger partial charge in [-0.3, -0.25) is 9.69 Å². The molecule has 0 aliphatic carbocycles. The lowest BCUT2D eigenvalue weighted by Crippen LogP contribution is -2.48. The Balaban J connectivity index is 1.26. The van der Waals surface area contributed by atoms with E-state index in [-0.39, 0.29) is 5.91 Å². The molecule has 2 aromatic heterocycles. The summed E-state index contributed by atoms with van der Waals surface area (Å²) >= 11 is 19.8. The average molecular weight is 485 g/mol. The van der Waals surface area contributed by atoms with Gasteiger partial charge in [-0.1, -0.05) is 34.8 Å². The molecule has 0 spiro atoms. The molecule has 158 valence electrons. The Kier molecular flexibility index (Phi) is 7.01. The van der Waals surface area contributed by atoms with Crippen LogP contribution in [0.3, 0.4) is 0 Å². The molecule has 1 aliphatic rings. The summed E-state index contributed by atoms with van der Waals surface area (Å²) in [5, 5.41) is 1.07. The number of aryl methyl sites for hydroxylation is 1. The van der Waals surface area contributed by atoms with E-state index in [2.05, 4.69) is 16.0 Å². The molecule has 0 unspecified atom stereocenters. The van der Waals surface area contributed by atoms with E-state index < -0.39 is 0 Å². The van der Waals surface area contributed by atoms with Crippen LogP contribution in [0.25, 0.3) is 11.3 Å². The molecular weight excluding hydrogens is 465 g/mol. The lowest BCUT2D eigenvalue weighted by Gasteiger charge is -2.34. The van der Waals surface area contributed by atoms with Crippen LogP contribution < -0.4 is 0 Å². The van der Waals surface area contributed by atoms with Gasteiger partial charge >= 0.3 is 0 Å². The molecule has 30 heavy (non-hydrogen) atoms. The Morgan fingerprint density at radius 2 is 1.90 bits per heavy atom. The van der Waals surface area contributed by atoms with Gasteiger partial charge < -0.3 is 9.32 Å². The number of rotatable bonds is 6. The van der Waals surface area contributed by atoms with Crippen LogP contribution in [0.5, 0.6) is 0 Å². The SMILES string of the molecule is O=C(CCc1ncc(-c2ccc(Cl)cc2Cl)o1)N1CCN(Cc2ccc(Cl)s2)CC1. The van der Waals surface area contributed by atoms with Crippen molar-refractivity contribution >= 4 is 52.0 Å². The summed E-state index contributed by atoms with van der Waals surface area (Å²) < 4.78 is 6.60. The first-order valence-corrected chi connectivity index (χ1v) is 11.6. The molecule has 9 heteroatoms. The summed E-state index contributed by atoms with van der Waals surface area (Å²) in [7, 11) is 0. The minimum Gasteiger partial charge on any atom is -0.441 e. The molecule has 0 saturated carbocycles. The third-order valence-corrected chi connectivity index (χ3v) is 6.80. The average Bonchev–Trinajstić information content (AvgIpc) is 3.36. The van der Waals surface area contributed by atoms with Crippen LogP contribution in [-0.2, 0) is 17.8 Å². The maximum absolute atomic E-state index is 12.6. The fourth-order valence-electron chi connectivity index (χ4n) is 3.42. The fraction of sp³-hybridized carbons (Fsp3) is 0.333. The van der Waals surface area contributed by atoms with Gasteiger partial charge in [-0.15, -0.1) is 11.3 Å². The number of oxazole rings is 1. The molecule has 1 fully saturated rings. The largest absolute Gasteiger partial charge is 0.441 e. The van der Waals surface area contributed by atoms with Crippen LogP contribution in [-0.4, -0.2) is 46.9 Å². The third-order valence-electron chi connectivity index (χ3n) is 5.04. The second kappa shape index (κ2) is 9.71. The number of benzene rings is 1. The number of thiophene rings is 1. The summed E-state index contributed by atoms with van der Waals surface area (Å²) in [6.45, 7) is 4.06. The van der Waals surface area contributed by atoms with Crippen LogP contribution >= 0.6 is 46.1 Å². The molecule has 5 nitrogen and oxygen atoms in total. The van der Waals surface area contributed by atoms with Gasteiger partial charge in [0.1, 0.15) is 0 Å². The predicted molar refractivity (Wildman–Crippen MR) is 121 cm³/mol. The van der Waals surface area contributed by atoms with Gasteiger partial charge in [0.25, 0.3) is 0 Å². The Bertz CT molecular complexity index is 1030. The zero-order chi connectivity index (χ0) is 21.1. The van der Waals surface area contributed by atoms with E-state index in [0.29, 0.717) is 34.5 Å². The molecule has 4 rings (SSSR count). The first-order chi connectivity index (χ1) is 14.5. The van der Waals surface area contributed by atoms with Crippen LogP contribution in [0.4, 0.5) is 0 Å². The van der Waals surface area contributed by atoms with E-state index in [1.165, 1.54) is 4.88 Å². The second-order valence-corrected chi connectivity index (χ2v) is 9.75. The number of carbonyl (C=O) groups excluding carboxylic acids is 1. The third kappa shape index (κ3) is 5.37. The lowest BCUT2D eigenvalue weighted by molar-refractivity contribution is -0.133. The highest BCUT2D eigenvalue weighted by Crippen LogP contribution is 2.31. The number of hydrogen-bond donors (Lipinski definition) is 0. The van der Waals surface area contributed by atoms with Gasteiger partial charge in [-0.25, -0.2) is 4.98 Å². The summed E-state index contributed by atoms with van der Waals surface area (Å²) in [5.74, 6) is 1.22. The van der Waals surface area contributed by atoms with Gasteiger partial charge in [-0.05, 0) is 30.3 Å². The van der Waals surface area contributed by atoms with Gasteiger partial charge in [0, 0.05) is 61.0 Å². The van der Waals surface area contributed by atoms with E-state index in [4.69, 9.17) is 39.2 Å². The van der Waals surface area contributed by atoms with Crippen molar-refractivity contribution in [2.45, 2.75) is 19.4 Å². The van der Waals surface area contributed by atoms with Crippen molar-refractivity contribution < 1.29 is 9.21 Å². The van der Waals surface area contributed by atoms with E-state index in [9.17, 15) is 4.79 Å². The molecule has 3 aromatic rings. The molecule has 0 atom stereocenters. The first kappa shape index (κ1) is 21.7. The van der Waals surface area contributed by atoms with Crippen molar-refractivity contribution in [1.29, 1.82) is 0 Å². The van der Waals surface area contributed by atoms with Gasteiger partial charge in [0.15, 0.2) is 11.7 Å². The molecule has 1 amide bonds. The van der Waals surface area contributed by atoms with Crippen molar-refractivity contribution in [3.05, 3.63) is 61.7 Å². The maximum atomic E-state index is 12.6. The fourth-order valence-corrected chi connectivity index (χ4v) is 5.06. The molecule has 1 aliphatic heterocycles. The van der Waals surface area contributed by atoms with Gasteiger partial charge in [-0.2, -0.15) is 0 Å². The summed E-state index contributed by atoms with van der Waals surface area (Å²) in [5.41, 5.74) is 0.731. The number of aromatic nitrogens is 1. The molecule has 0 bridgehead atoms. The highest BCUT2D eigenvalue weighted by atomic mass is 35.5. The van der Waals surface area contributed by atoms with Crippen molar-refractivity contribution in [2.24, 2.45) is 0 Å². The smallest absolute Gasteiger partial charge is 0.223 e. The second-order valence-electron chi connectivity index (χ2n) is 7.11. The predicted octanol–water partition coefficient (Wildman–Crippen LogP) is 5.64. The van der Waals surface area contributed by atoms with Crippen molar-refractivity contribution in [1.82, 2.24) is 14.8 Å². The molecule has 3 heterocycles. The zero-order valence-electron chi connectivity index (χ0n) is 16.1. The zero-order valence-corrected chi connectivity index (χ0v) is 19.2. The molecule has 0 radical (unpaired) electrons. The van der Waals surface area contributed by atoms with Crippen LogP contribution in [0.1, 0.15) is 17.2 Å².